The number of hydrogen-bond donors (Lipinski definition) is 3. The van der Waals surface area contributed by atoms with Gasteiger partial charge in [-0.15, -0.1) is 11.3 Å². The predicted molar refractivity (Wildman–Crippen MR) is 78.3 cm³/mol. The molecular formula is C13H16N6S. The third-order valence-electron chi connectivity index (χ3n) is 3.03. The maximum Gasteiger partial charge on any atom is 0.137 e. The maximum atomic E-state index is 4.14. The Kier molecular flexibility index (Phi) is 4.19. The standard InChI is InChI=1S/C13H16N6S/c1(4-12-15-9-17-18-12)5-14-7-10-8-16-19-13(10)11-3-2-6-20-11/h2-3,6,8-9,14H,1,4-5,7H2,(H,16,19)(H,15,17,18). The Morgan fingerprint density at radius 3 is 3.05 bits per heavy atom. The second-order valence-electron chi connectivity index (χ2n) is 4.46. The van der Waals surface area contributed by atoms with Crippen LogP contribution < -0.4 is 5.32 Å². The summed E-state index contributed by atoms with van der Waals surface area (Å²) in [6, 6.07) is 4.15. The highest BCUT2D eigenvalue weighted by Gasteiger charge is 2.07. The smallest absolute Gasteiger partial charge is 0.137 e. The zero-order chi connectivity index (χ0) is 13.6. The van der Waals surface area contributed by atoms with Crippen LogP contribution in [-0.4, -0.2) is 31.9 Å². The van der Waals surface area contributed by atoms with Crippen LogP contribution in [-0.2, 0) is 13.0 Å². The largest absolute Gasteiger partial charge is 0.313 e. The topological polar surface area (TPSA) is 82.3 Å². The molecule has 0 radical (unpaired) electrons. The molecule has 0 saturated carbocycles. The summed E-state index contributed by atoms with van der Waals surface area (Å²) in [4.78, 5) is 5.33. The molecule has 104 valence electrons. The summed E-state index contributed by atoms with van der Waals surface area (Å²) >= 11 is 1.72. The predicted octanol–water partition coefficient (Wildman–Crippen LogP) is 1.98. The highest BCUT2D eigenvalue weighted by molar-refractivity contribution is 7.13. The van der Waals surface area contributed by atoms with E-state index < -0.39 is 0 Å². The van der Waals surface area contributed by atoms with Gasteiger partial charge in [-0.05, 0) is 24.4 Å². The van der Waals surface area contributed by atoms with E-state index in [4.69, 9.17) is 0 Å². The molecule has 0 aromatic carbocycles. The normalized spacial score (nSPS) is 11.0. The molecule has 0 spiro atoms. The van der Waals surface area contributed by atoms with E-state index in [0.29, 0.717) is 0 Å². The van der Waals surface area contributed by atoms with Gasteiger partial charge in [-0.1, -0.05) is 6.07 Å². The molecule has 0 aliphatic heterocycles. The summed E-state index contributed by atoms with van der Waals surface area (Å²) in [5, 5.41) is 19.4. The molecule has 0 amide bonds. The van der Waals surface area contributed by atoms with Crippen molar-refractivity contribution in [3.8, 4) is 10.6 Å². The van der Waals surface area contributed by atoms with Crippen molar-refractivity contribution in [2.45, 2.75) is 19.4 Å². The quantitative estimate of drug-likeness (QED) is 0.581. The van der Waals surface area contributed by atoms with E-state index in [9.17, 15) is 0 Å². The summed E-state index contributed by atoms with van der Waals surface area (Å²) < 4.78 is 0. The molecule has 0 aliphatic rings. The van der Waals surface area contributed by atoms with Crippen molar-refractivity contribution in [1.29, 1.82) is 0 Å². The van der Waals surface area contributed by atoms with Crippen molar-refractivity contribution in [3.63, 3.8) is 0 Å². The molecule has 0 fully saturated rings. The van der Waals surface area contributed by atoms with Crippen molar-refractivity contribution in [3.05, 3.63) is 41.4 Å². The number of thiophene rings is 1. The monoisotopic (exact) mass is 288 g/mol. The van der Waals surface area contributed by atoms with Gasteiger partial charge in [0.05, 0.1) is 16.8 Å². The summed E-state index contributed by atoms with van der Waals surface area (Å²) in [6.07, 6.45) is 5.37. The molecule has 0 unspecified atom stereocenters. The Hall–Kier alpha value is -1.99. The second kappa shape index (κ2) is 6.44. The summed E-state index contributed by atoms with van der Waals surface area (Å²) in [6.45, 7) is 1.76. The molecule has 0 aliphatic carbocycles. The first-order chi connectivity index (χ1) is 9.93. The van der Waals surface area contributed by atoms with Crippen molar-refractivity contribution >= 4 is 11.3 Å². The van der Waals surface area contributed by atoms with Crippen molar-refractivity contribution in [2.24, 2.45) is 0 Å². The number of nitrogens with zero attached hydrogens (tertiary/aromatic N) is 3. The molecule has 3 N–H and O–H groups in total. The number of hydrogen-bond acceptors (Lipinski definition) is 5. The first-order valence-electron chi connectivity index (χ1n) is 6.54. The van der Waals surface area contributed by atoms with Gasteiger partial charge in [0.15, 0.2) is 0 Å². The number of aromatic nitrogens is 5. The Morgan fingerprint density at radius 2 is 2.25 bits per heavy atom. The van der Waals surface area contributed by atoms with Crippen LogP contribution in [0.1, 0.15) is 17.8 Å². The second-order valence-corrected chi connectivity index (χ2v) is 5.41. The van der Waals surface area contributed by atoms with Crippen LogP contribution in [0.5, 0.6) is 0 Å². The minimum absolute atomic E-state index is 0.820. The van der Waals surface area contributed by atoms with E-state index >= 15 is 0 Å². The minimum atomic E-state index is 0.820. The van der Waals surface area contributed by atoms with Crippen LogP contribution >= 0.6 is 11.3 Å². The fourth-order valence-corrected chi connectivity index (χ4v) is 2.79. The van der Waals surface area contributed by atoms with E-state index in [1.54, 1.807) is 17.7 Å². The molecule has 3 rings (SSSR count). The van der Waals surface area contributed by atoms with Crippen molar-refractivity contribution < 1.29 is 0 Å². The Labute approximate surface area is 120 Å². The number of rotatable bonds is 7. The van der Waals surface area contributed by atoms with Crippen molar-refractivity contribution in [2.75, 3.05) is 6.54 Å². The van der Waals surface area contributed by atoms with E-state index in [2.05, 4.69) is 48.2 Å². The average Bonchev–Trinajstić information content (AvgIpc) is 3.20. The lowest BCUT2D eigenvalue weighted by atomic mass is 10.2. The van der Waals surface area contributed by atoms with Gasteiger partial charge in [-0.25, -0.2) is 4.98 Å². The number of nitrogens with one attached hydrogen (secondary N) is 3. The van der Waals surface area contributed by atoms with Gasteiger partial charge in [0, 0.05) is 18.5 Å². The average molecular weight is 288 g/mol. The zero-order valence-corrected chi connectivity index (χ0v) is 11.8. The fourth-order valence-electron chi connectivity index (χ4n) is 2.03. The van der Waals surface area contributed by atoms with E-state index in [1.165, 1.54) is 10.4 Å². The van der Waals surface area contributed by atoms with E-state index in [-0.39, 0.29) is 0 Å². The third-order valence-corrected chi connectivity index (χ3v) is 3.92. The highest BCUT2D eigenvalue weighted by Crippen LogP contribution is 2.25. The summed E-state index contributed by atoms with van der Waals surface area (Å²) in [5.74, 6) is 0.939. The van der Waals surface area contributed by atoms with E-state index in [0.717, 1.165) is 37.4 Å². The number of aryl methyl sites for hydroxylation is 1. The first-order valence-corrected chi connectivity index (χ1v) is 7.42. The Bertz CT molecular complexity index is 613. The third kappa shape index (κ3) is 3.12. The fraction of sp³-hybridized carbons (Fsp3) is 0.308. The molecule has 0 bridgehead atoms. The zero-order valence-electron chi connectivity index (χ0n) is 11.0. The van der Waals surface area contributed by atoms with Crippen LogP contribution in [0.2, 0.25) is 0 Å². The molecule has 6 nitrogen and oxygen atoms in total. The molecular weight excluding hydrogens is 272 g/mol. The van der Waals surface area contributed by atoms with Crippen LogP contribution in [0.15, 0.2) is 30.0 Å². The molecule has 7 heteroatoms. The lowest BCUT2D eigenvalue weighted by Gasteiger charge is -2.04. The minimum Gasteiger partial charge on any atom is -0.313 e. The maximum absolute atomic E-state index is 4.14. The van der Waals surface area contributed by atoms with Crippen molar-refractivity contribution in [1.82, 2.24) is 30.7 Å². The van der Waals surface area contributed by atoms with Gasteiger partial charge in [-0.3, -0.25) is 10.2 Å². The van der Waals surface area contributed by atoms with Gasteiger partial charge in [-0.2, -0.15) is 10.2 Å². The van der Waals surface area contributed by atoms with Crippen LogP contribution in [0, 0.1) is 0 Å². The lowest BCUT2D eigenvalue weighted by molar-refractivity contribution is 0.640. The molecule has 3 aromatic rings. The first kappa shape index (κ1) is 13.0. The van der Waals surface area contributed by atoms with Gasteiger partial charge in [0.1, 0.15) is 12.2 Å². The summed E-state index contributed by atoms with van der Waals surface area (Å²) in [7, 11) is 0. The van der Waals surface area contributed by atoms with Crippen LogP contribution in [0.3, 0.4) is 0 Å². The van der Waals surface area contributed by atoms with E-state index in [1.807, 2.05) is 6.20 Å². The van der Waals surface area contributed by atoms with Crippen LogP contribution in [0.4, 0.5) is 0 Å². The van der Waals surface area contributed by atoms with Gasteiger partial charge < -0.3 is 5.32 Å². The molecule has 3 heterocycles. The summed E-state index contributed by atoms with van der Waals surface area (Å²) in [5.41, 5.74) is 2.31. The lowest BCUT2D eigenvalue weighted by Crippen LogP contribution is -2.15. The SMILES string of the molecule is c1csc(-c2[nH]ncc2CNCCCc2ncn[nH]2)c1. The Balaban J connectivity index is 1.46. The molecule has 20 heavy (non-hydrogen) atoms. The Morgan fingerprint density at radius 1 is 1.25 bits per heavy atom. The van der Waals surface area contributed by atoms with Gasteiger partial charge in [0.2, 0.25) is 0 Å². The number of H-pyrrole nitrogens is 2. The van der Waals surface area contributed by atoms with Gasteiger partial charge >= 0.3 is 0 Å². The van der Waals surface area contributed by atoms with Crippen LogP contribution in [0.25, 0.3) is 10.6 Å². The molecule has 0 atom stereocenters. The molecule has 3 aromatic heterocycles. The highest BCUT2D eigenvalue weighted by atomic mass is 32.1. The molecule has 0 saturated heterocycles. The number of aromatic amines is 2. The van der Waals surface area contributed by atoms with Gasteiger partial charge in [0.25, 0.3) is 0 Å².